The van der Waals surface area contributed by atoms with Crippen molar-refractivity contribution in [1.82, 2.24) is 4.98 Å². The normalized spacial score (nSPS) is 11.5. The Kier molecular flexibility index (Phi) is 5.21. The molecule has 4 aromatic rings. The number of halogens is 2. The molecular formula is C27H23F2N. The van der Waals surface area contributed by atoms with Crippen molar-refractivity contribution in [2.24, 2.45) is 0 Å². The number of aromatic nitrogens is 1. The van der Waals surface area contributed by atoms with Gasteiger partial charge in [-0.25, -0.2) is 13.8 Å². The fourth-order valence-corrected chi connectivity index (χ4v) is 3.47. The lowest BCUT2D eigenvalue weighted by Gasteiger charge is -2.19. The molecule has 3 heteroatoms. The van der Waals surface area contributed by atoms with E-state index in [2.05, 4.69) is 32.9 Å². The van der Waals surface area contributed by atoms with Crippen molar-refractivity contribution in [3.05, 3.63) is 102 Å². The second-order valence-corrected chi connectivity index (χ2v) is 8.48. The summed E-state index contributed by atoms with van der Waals surface area (Å²) in [7, 11) is 0. The summed E-state index contributed by atoms with van der Waals surface area (Å²) in [6.07, 6.45) is 0. The van der Waals surface area contributed by atoms with Gasteiger partial charge in [-0.2, -0.15) is 0 Å². The van der Waals surface area contributed by atoms with Gasteiger partial charge in [0.1, 0.15) is 11.6 Å². The highest BCUT2D eigenvalue weighted by Crippen LogP contribution is 2.32. The lowest BCUT2D eigenvalue weighted by Crippen LogP contribution is -2.10. The number of benzene rings is 3. The second-order valence-electron chi connectivity index (χ2n) is 8.48. The summed E-state index contributed by atoms with van der Waals surface area (Å²) in [4.78, 5) is 4.74. The van der Waals surface area contributed by atoms with Gasteiger partial charge in [-0.05, 0) is 46.4 Å². The molecule has 0 radical (unpaired) electrons. The van der Waals surface area contributed by atoms with Crippen LogP contribution in [-0.4, -0.2) is 4.98 Å². The van der Waals surface area contributed by atoms with Crippen LogP contribution in [0.5, 0.6) is 0 Å². The van der Waals surface area contributed by atoms with E-state index in [1.807, 2.05) is 54.6 Å². The molecule has 0 fully saturated rings. The van der Waals surface area contributed by atoms with E-state index in [1.54, 1.807) is 0 Å². The zero-order valence-electron chi connectivity index (χ0n) is 17.3. The molecular weight excluding hydrogens is 376 g/mol. The van der Waals surface area contributed by atoms with Crippen molar-refractivity contribution in [2.75, 3.05) is 0 Å². The van der Waals surface area contributed by atoms with Gasteiger partial charge in [0.05, 0.1) is 11.4 Å². The second kappa shape index (κ2) is 7.83. The first-order chi connectivity index (χ1) is 14.3. The molecule has 0 spiro atoms. The van der Waals surface area contributed by atoms with Crippen LogP contribution >= 0.6 is 0 Å². The Morgan fingerprint density at radius 2 is 1.13 bits per heavy atom. The molecule has 0 aliphatic rings. The summed E-state index contributed by atoms with van der Waals surface area (Å²) in [5.41, 5.74) is 5.92. The topological polar surface area (TPSA) is 12.9 Å². The van der Waals surface area contributed by atoms with E-state index < -0.39 is 11.6 Å². The molecule has 1 heterocycles. The number of rotatable bonds is 3. The highest BCUT2D eigenvalue weighted by Gasteiger charge is 2.15. The van der Waals surface area contributed by atoms with Gasteiger partial charge in [0.25, 0.3) is 0 Å². The highest BCUT2D eigenvalue weighted by atomic mass is 19.1. The summed E-state index contributed by atoms with van der Waals surface area (Å²) >= 11 is 0. The summed E-state index contributed by atoms with van der Waals surface area (Å²) < 4.78 is 27.7. The zero-order chi connectivity index (χ0) is 21.3. The Labute approximate surface area is 176 Å². The van der Waals surface area contributed by atoms with Crippen LogP contribution in [-0.2, 0) is 5.41 Å². The largest absolute Gasteiger partial charge is 0.248 e. The molecule has 1 aromatic heterocycles. The van der Waals surface area contributed by atoms with Gasteiger partial charge in [-0.1, -0.05) is 75.4 Å². The maximum atomic E-state index is 13.8. The standard InChI is InChI=1S/C27H23F2N/c1-27(2,3)22-11-9-19(10-12-22)25-15-20(18-7-5-4-6-8-18)16-26(30-25)21-13-23(28)17-24(29)14-21/h4-17H,1-3H3. The van der Waals surface area contributed by atoms with Crippen molar-refractivity contribution in [3.8, 4) is 33.6 Å². The van der Waals surface area contributed by atoms with E-state index in [9.17, 15) is 8.78 Å². The summed E-state index contributed by atoms with van der Waals surface area (Å²) in [5, 5.41) is 0. The lowest BCUT2D eigenvalue weighted by molar-refractivity contribution is 0.584. The van der Waals surface area contributed by atoms with E-state index in [0.717, 1.165) is 28.5 Å². The summed E-state index contributed by atoms with van der Waals surface area (Å²) in [6.45, 7) is 6.52. The van der Waals surface area contributed by atoms with Crippen LogP contribution < -0.4 is 0 Å². The average Bonchev–Trinajstić information content (AvgIpc) is 2.73. The van der Waals surface area contributed by atoms with E-state index in [0.29, 0.717) is 11.3 Å². The van der Waals surface area contributed by atoms with Crippen LogP contribution in [0.25, 0.3) is 33.6 Å². The smallest absolute Gasteiger partial charge is 0.126 e. The maximum absolute atomic E-state index is 13.8. The monoisotopic (exact) mass is 399 g/mol. The molecule has 30 heavy (non-hydrogen) atoms. The van der Waals surface area contributed by atoms with Crippen LogP contribution in [0.3, 0.4) is 0 Å². The minimum Gasteiger partial charge on any atom is -0.248 e. The van der Waals surface area contributed by atoms with Crippen LogP contribution in [0.1, 0.15) is 26.3 Å². The fourth-order valence-electron chi connectivity index (χ4n) is 3.47. The molecule has 150 valence electrons. The predicted octanol–water partition coefficient (Wildman–Crippen LogP) is 7.66. The molecule has 0 saturated heterocycles. The molecule has 0 bridgehead atoms. The van der Waals surface area contributed by atoms with E-state index in [-0.39, 0.29) is 5.41 Å². The van der Waals surface area contributed by atoms with Gasteiger partial charge in [-0.3, -0.25) is 0 Å². The molecule has 0 aliphatic heterocycles. The number of pyridine rings is 1. The first kappa shape index (κ1) is 20.0. The third-order valence-electron chi connectivity index (χ3n) is 5.14. The number of hydrogen-bond acceptors (Lipinski definition) is 1. The Balaban J connectivity index is 1.88. The zero-order valence-corrected chi connectivity index (χ0v) is 17.3. The molecule has 0 saturated carbocycles. The predicted molar refractivity (Wildman–Crippen MR) is 119 cm³/mol. The Morgan fingerprint density at radius 1 is 0.567 bits per heavy atom. The van der Waals surface area contributed by atoms with Gasteiger partial charge in [-0.15, -0.1) is 0 Å². The Bertz CT molecular complexity index is 1150. The molecule has 0 unspecified atom stereocenters. The molecule has 0 aliphatic carbocycles. The minimum atomic E-state index is -0.618. The van der Waals surface area contributed by atoms with Gasteiger partial charge in [0, 0.05) is 17.2 Å². The van der Waals surface area contributed by atoms with Crippen molar-refractivity contribution in [1.29, 1.82) is 0 Å². The van der Waals surface area contributed by atoms with Gasteiger partial charge in [0.2, 0.25) is 0 Å². The average molecular weight is 399 g/mol. The Morgan fingerprint density at radius 3 is 1.70 bits per heavy atom. The number of nitrogens with zero attached hydrogens (tertiary/aromatic N) is 1. The third kappa shape index (κ3) is 4.30. The molecule has 0 atom stereocenters. The quantitative estimate of drug-likeness (QED) is 0.345. The van der Waals surface area contributed by atoms with Crippen LogP contribution in [0.2, 0.25) is 0 Å². The molecule has 0 amide bonds. The van der Waals surface area contributed by atoms with E-state index in [4.69, 9.17) is 4.98 Å². The fraction of sp³-hybridized carbons (Fsp3) is 0.148. The minimum absolute atomic E-state index is 0.0576. The highest BCUT2D eigenvalue weighted by molar-refractivity contribution is 5.76. The first-order valence-electron chi connectivity index (χ1n) is 9.94. The van der Waals surface area contributed by atoms with Crippen LogP contribution in [0.15, 0.2) is 84.9 Å². The maximum Gasteiger partial charge on any atom is 0.126 e. The van der Waals surface area contributed by atoms with Gasteiger partial charge >= 0.3 is 0 Å². The van der Waals surface area contributed by atoms with Crippen molar-refractivity contribution in [3.63, 3.8) is 0 Å². The molecule has 4 rings (SSSR count). The van der Waals surface area contributed by atoms with Gasteiger partial charge < -0.3 is 0 Å². The Hall–Kier alpha value is -3.33. The molecule has 3 aromatic carbocycles. The van der Waals surface area contributed by atoms with Crippen molar-refractivity contribution >= 4 is 0 Å². The SMILES string of the molecule is CC(C)(C)c1ccc(-c2cc(-c3ccccc3)cc(-c3cc(F)cc(F)c3)n2)cc1. The van der Waals surface area contributed by atoms with Crippen LogP contribution in [0.4, 0.5) is 8.78 Å². The summed E-state index contributed by atoms with van der Waals surface area (Å²) in [6, 6.07) is 25.6. The van der Waals surface area contributed by atoms with E-state index >= 15 is 0 Å². The number of hydrogen-bond donors (Lipinski definition) is 0. The molecule has 1 nitrogen and oxygen atoms in total. The first-order valence-corrected chi connectivity index (χ1v) is 9.94. The van der Waals surface area contributed by atoms with Crippen LogP contribution in [0, 0.1) is 11.6 Å². The third-order valence-corrected chi connectivity index (χ3v) is 5.14. The lowest BCUT2D eigenvalue weighted by atomic mass is 9.86. The van der Waals surface area contributed by atoms with Gasteiger partial charge in [0.15, 0.2) is 0 Å². The van der Waals surface area contributed by atoms with Crippen molar-refractivity contribution in [2.45, 2.75) is 26.2 Å². The summed E-state index contributed by atoms with van der Waals surface area (Å²) in [5.74, 6) is -1.24. The van der Waals surface area contributed by atoms with E-state index in [1.165, 1.54) is 17.7 Å². The molecule has 0 N–H and O–H groups in total. The van der Waals surface area contributed by atoms with Crippen molar-refractivity contribution < 1.29 is 8.78 Å².